The Morgan fingerprint density at radius 1 is 0.938 bits per heavy atom. The first-order chi connectivity index (χ1) is 15.4. The molecule has 1 heterocycles. The lowest BCUT2D eigenvalue weighted by atomic mass is 10.1. The summed E-state index contributed by atoms with van der Waals surface area (Å²) in [7, 11) is 3.27. The van der Waals surface area contributed by atoms with Gasteiger partial charge in [-0.15, -0.1) is 5.10 Å². The molecule has 0 aliphatic carbocycles. The number of carbonyl (C=O) groups excluding carboxylic acids is 2. The van der Waals surface area contributed by atoms with Crippen molar-refractivity contribution in [1.82, 2.24) is 19.7 Å². The molecule has 0 radical (unpaired) electrons. The Morgan fingerprint density at radius 3 is 2.25 bits per heavy atom. The average molecular weight is 446 g/mol. The van der Waals surface area contributed by atoms with Crippen molar-refractivity contribution in [2.24, 2.45) is 0 Å². The number of hydrogen-bond acceptors (Lipinski definition) is 4. The average Bonchev–Trinajstić information content (AvgIpc) is 3.27. The van der Waals surface area contributed by atoms with Crippen LogP contribution < -0.4 is 5.32 Å². The lowest BCUT2D eigenvalue weighted by molar-refractivity contribution is 0.0827. The lowest BCUT2D eigenvalue weighted by Crippen LogP contribution is -2.22. The molecule has 4 aromatic rings. The van der Waals surface area contributed by atoms with Crippen molar-refractivity contribution in [3.63, 3.8) is 0 Å². The van der Waals surface area contributed by atoms with Crippen LogP contribution in [0.5, 0.6) is 0 Å². The van der Waals surface area contributed by atoms with E-state index in [1.165, 1.54) is 11.0 Å². The van der Waals surface area contributed by atoms with Crippen LogP contribution in [0.3, 0.4) is 0 Å². The molecule has 0 bridgehead atoms. The second kappa shape index (κ2) is 9.03. The van der Waals surface area contributed by atoms with Gasteiger partial charge in [0.2, 0.25) is 5.82 Å². The summed E-state index contributed by atoms with van der Waals surface area (Å²) >= 11 is 6.16. The van der Waals surface area contributed by atoms with E-state index in [2.05, 4.69) is 15.4 Å². The molecule has 4 rings (SSSR count). The van der Waals surface area contributed by atoms with Crippen molar-refractivity contribution >= 4 is 29.1 Å². The van der Waals surface area contributed by atoms with Gasteiger partial charge >= 0.3 is 0 Å². The monoisotopic (exact) mass is 445 g/mol. The van der Waals surface area contributed by atoms with Gasteiger partial charge in [0.1, 0.15) is 0 Å². The Labute approximate surface area is 190 Å². The molecule has 0 fully saturated rings. The Hall–Kier alpha value is -3.97. The van der Waals surface area contributed by atoms with Crippen LogP contribution in [-0.2, 0) is 0 Å². The first-order valence-corrected chi connectivity index (χ1v) is 10.2. The molecular weight excluding hydrogens is 426 g/mol. The highest BCUT2D eigenvalue weighted by Gasteiger charge is 2.20. The molecule has 0 spiro atoms. The van der Waals surface area contributed by atoms with E-state index in [0.717, 1.165) is 11.3 Å². The summed E-state index contributed by atoms with van der Waals surface area (Å²) < 4.78 is 1.63. The predicted octanol–water partition coefficient (Wildman–Crippen LogP) is 4.54. The third-order valence-electron chi connectivity index (χ3n) is 4.70. The normalized spacial score (nSPS) is 10.6. The smallest absolute Gasteiger partial charge is 0.295 e. The van der Waals surface area contributed by atoms with Crippen molar-refractivity contribution in [2.45, 2.75) is 0 Å². The van der Waals surface area contributed by atoms with E-state index in [9.17, 15) is 9.59 Å². The molecule has 2 amide bonds. The van der Waals surface area contributed by atoms with Gasteiger partial charge in [-0.2, -0.15) is 0 Å². The summed E-state index contributed by atoms with van der Waals surface area (Å²) in [6.07, 6.45) is 0. The van der Waals surface area contributed by atoms with Crippen LogP contribution in [-0.4, -0.2) is 45.6 Å². The Bertz CT molecular complexity index is 1210. The van der Waals surface area contributed by atoms with E-state index in [0.29, 0.717) is 22.1 Å². The zero-order chi connectivity index (χ0) is 22.7. The quantitative estimate of drug-likeness (QED) is 0.489. The molecule has 0 saturated heterocycles. The van der Waals surface area contributed by atoms with Gasteiger partial charge in [-0.05, 0) is 30.3 Å². The van der Waals surface area contributed by atoms with Crippen molar-refractivity contribution in [3.8, 4) is 17.1 Å². The maximum atomic E-state index is 13.0. The van der Waals surface area contributed by atoms with Gasteiger partial charge in [0.05, 0.1) is 16.3 Å². The molecule has 0 unspecified atom stereocenters. The van der Waals surface area contributed by atoms with E-state index in [1.54, 1.807) is 30.9 Å². The number of halogens is 1. The lowest BCUT2D eigenvalue weighted by Gasteiger charge is -2.13. The number of amides is 2. The SMILES string of the molecule is CN(C)C(=O)c1cc(NC(=O)c2nc(-c3ccccc3)n(-c3ccccc3)n2)ccc1Cl. The van der Waals surface area contributed by atoms with E-state index < -0.39 is 5.91 Å². The number of nitrogens with one attached hydrogen (secondary N) is 1. The van der Waals surface area contributed by atoms with Crippen LogP contribution >= 0.6 is 11.6 Å². The first-order valence-electron chi connectivity index (χ1n) is 9.84. The number of hydrogen-bond donors (Lipinski definition) is 1. The summed E-state index contributed by atoms with van der Waals surface area (Å²) in [5, 5.41) is 7.51. The highest BCUT2D eigenvalue weighted by atomic mass is 35.5. The van der Waals surface area contributed by atoms with Crippen molar-refractivity contribution in [2.75, 3.05) is 19.4 Å². The first kappa shape index (κ1) is 21.3. The number of aromatic nitrogens is 3. The highest BCUT2D eigenvalue weighted by molar-refractivity contribution is 6.34. The van der Waals surface area contributed by atoms with E-state index >= 15 is 0 Å². The van der Waals surface area contributed by atoms with Gasteiger partial charge in [-0.25, -0.2) is 9.67 Å². The summed E-state index contributed by atoms with van der Waals surface area (Å²) in [4.78, 5) is 31.2. The van der Waals surface area contributed by atoms with Gasteiger partial charge in [0.15, 0.2) is 5.82 Å². The number of nitrogens with zero attached hydrogens (tertiary/aromatic N) is 4. The van der Waals surface area contributed by atoms with Crippen LogP contribution in [0.25, 0.3) is 17.1 Å². The molecule has 0 saturated carbocycles. The van der Waals surface area contributed by atoms with Crippen LogP contribution in [0, 0.1) is 0 Å². The van der Waals surface area contributed by atoms with Crippen LogP contribution in [0.15, 0.2) is 78.9 Å². The third kappa shape index (κ3) is 4.38. The minimum absolute atomic E-state index is 0.00291. The molecular formula is C24H20ClN5O2. The Kier molecular flexibility index (Phi) is 6.00. The van der Waals surface area contributed by atoms with Crippen LogP contribution in [0.4, 0.5) is 5.69 Å². The fraction of sp³-hybridized carbons (Fsp3) is 0.0833. The van der Waals surface area contributed by atoms with Crippen LogP contribution in [0.1, 0.15) is 21.0 Å². The van der Waals surface area contributed by atoms with Gasteiger partial charge in [-0.3, -0.25) is 9.59 Å². The van der Waals surface area contributed by atoms with E-state index in [-0.39, 0.29) is 11.7 Å². The van der Waals surface area contributed by atoms with Gasteiger partial charge < -0.3 is 10.2 Å². The number of anilines is 1. The fourth-order valence-corrected chi connectivity index (χ4v) is 3.32. The molecule has 1 N–H and O–H groups in total. The summed E-state index contributed by atoms with van der Waals surface area (Å²) in [6.45, 7) is 0. The minimum Gasteiger partial charge on any atom is -0.345 e. The van der Waals surface area contributed by atoms with Crippen molar-refractivity contribution in [1.29, 1.82) is 0 Å². The number of carbonyl (C=O) groups is 2. The van der Waals surface area contributed by atoms with E-state index in [4.69, 9.17) is 11.6 Å². The zero-order valence-corrected chi connectivity index (χ0v) is 18.2. The molecule has 0 aliphatic rings. The molecule has 160 valence electrons. The second-order valence-electron chi connectivity index (χ2n) is 7.22. The maximum Gasteiger partial charge on any atom is 0.295 e. The molecule has 0 atom stereocenters. The topological polar surface area (TPSA) is 80.1 Å². The fourth-order valence-electron chi connectivity index (χ4n) is 3.13. The standard InChI is InChI=1S/C24H20ClN5O2/c1-29(2)24(32)19-15-17(13-14-20(19)25)26-23(31)21-27-22(16-9-5-3-6-10-16)30(28-21)18-11-7-4-8-12-18/h3-15H,1-2H3,(H,26,31). The third-order valence-corrected chi connectivity index (χ3v) is 5.03. The van der Waals surface area contributed by atoms with Crippen LogP contribution in [0.2, 0.25) is 5.02 Å². The molecule has 32 heavy (non-hydrogen) atoms. The molecule has 3 aromatic carbocycles. The molecule has 7 nitrogen and oxygen atoms in total. The predicted molar refractivity (Wildman–Crippen MR) is 124 cm³/mol. The number of rotatable bonds is 5. The second-order valence-corrected chi connectivity index (χ2v) is 7.63. The highest BCUT2D eigenvalue weighted by Crippen LogP contribution is 2.24. The van der Waals surface area contributed by atoms with Gasteiger partial charge in [0.25, 0.3) is 11.8 Å². The Balaban J connectivity index is 1.69. The van der Waals surface area contributed by atoms with Crippen molar-refractivity contribution in [3.05, 3.63) is 95.3 Å². The summed E-state index contributed by atoms with van der Waals surface area (Å²) in [5.74, 6) is -0.212. The maximum absolute atomic E-state index is 13.0. The van der Waals surface area contributed by atoms with Gasteiger partial charge in [-0.1, -0.05) is 60.1 Å². The molecule has 8 heteroatoms. The van der Waals surface area contributed by atoms with E-state index in [1.807, 2.05) is 60.7 Å². The Morgan fingerprint density at radius 2 is 1.59 bits per heavy atom. The minimum atomic E-state index is -0.498. The largest absolute Gasteiger partial charge is 0.345 e. The zero-order valence-electron chi connectivity index (χ0n) is 17.5. The number of benzene rings is 3. The van der Waals surface area contributed by atoms with Gasteiger partial charge in [0, 0.05) is 25.3 Å². The molecule has 0 aliphatic heterocycles. The van der Waals surface area contributed by atoms with Crippen molar-refractivity contribution < 1.29 is 9.59 Å². The molecule has 1 aromatic heterocycles. The number of para-hydroxylation sites is 1. The summed E-state index contributed by atoms with van der Waals surface area (Å²) in [6, 6.07) is 23.7. The summed E-state index contributed by atoms with van der Waals surface area (Å²) in [5.41, 5.74) is 2.32.